The molecular weight excluding hydrogens is 454 g/mol. The van der Waals surface area contributed by atoms with Crippen molar-refractivity contribution in [2.75, 3.05) is 32.6 Å². The smallest absolute Gasteiger partial charge is 0.168 e. The summed E-state index contributed by atoms with van der Waals surface area (Å²) in [6.45, 7) is 1.37. The average molecular weight is 489 g/mol. The largest absolute Gasteiger partial charge is 0.336 e. The highest BCUT2D eigenvalue weighted by molar-refractivity contribution is 5.99. The van der Waals surface area contributed by atoms with Crippen molar-refractivity contribution in [3.63, 3.8) is 0 Å². The molecule has 0 fully saturated rings. The number of nitrogens with zero attached hydrogens (tertiary/aromatic N) is 1. The molecule has 4 heteroatoms. The number of para-hydroxylation sites is 1. The molecule has 4 nitrogen and oxygen atoms in total. The molecule has 0 saturated heterocycles. The van der Waals surface area contributed by atoms with Crippen LogP contribution in [0.2, 0.25) is 0 Å². The molecule has 0 radical (unpaired) electrons. The number of anilines is 1. The molecule has 37 heavy (non-hydrogen) atoms. The number of likely N-dealkylation sites (N-methyl/N-ethyl adjacent to an activating group) is 1. The normalized spacial score (nSPS) is 17.6. The standard InChI is InChI=1S/C33H33N3O/c1-35(2)23-29-31(25-15-7-3-8-16-25)30(33(37)27-19-11-5-12-20-27)24-36(34-28-21-13-6-14-22-28)32(29)26-17-9-4-10-18-26/h3-22,30-31,34H,23-24H2,1-2H3/p+1/t30-,31+/m0/s1. The zero-order valence-corrected chi connectivity index (χ0v) is 21.5. The van der Waals surface area contributed by atoms with Crippen molar-refractivity contribution in [2.24, 2.45) is 5.92 Å². The molecule has 1 aliphatic heterocycles. The number of hydrogen-bond acceptors (Lipinski definition) is 3. The van der Waals surface area contributed by atoms with Crippen LogP contribution in [0.3, 0.4) is 0 Å². The van der Waals surface area contributed by atoms with E-state index in [1.54, 1.807) is 0 Å². The first-order chi connectivity index (χ1) is 18.1. The van der Waals surface area contributed by atoms with Gasteiger partial charge in [-0.2, -0.15) is 0 Å². The Morgan fingerprint density at radius 3 is 1.92 bits per heavy atom. The van der Waals surface area contributed by atoms with Crippen LogP contribution in [0.15, 0.2) is 127 Å². The maximum Gasteiger partial charge on any atom is 0.168 e. The Balaban J connectivity index is 1.73. The molecule has 1 heterocycles. The second-order valence-electron chi connectivity index (χ2n) is 9.94. The van der Waals surface area contributed by atoms with E-state index in [0.717, 1.165) is 29.1 Å². The average Bonchev–Trinajstić information content (AvgIpc) is 2.94. The number of hydrazine groups is 1. The maximum atomic E-state index is 14.2. The summed E-state index contributed by atoms with van der Waals surface area (Å²) >= 11 is 0. The number of carbonyl (C=O) groups is 1. The highest BCUT2D eigenvalue weighted by Gasteiger charge is 2.42. The van der Waals surface area contributed by atoms with E-state index in [4.69, 9.17) is 0 Å². The van der Waals surface area contributed by atoms with Gasteiger partial charge in [0, 0.05) is 17.1 Å². The zero-order valence-electron chi connectivity index (χ0n) is 21.5. The van der Waals surface area contributed by atoms with Crippen LogP contribution in [0.1, 0.15) is 27.4 Å². The second kappa shape index (κ2) is 11.3. The van der Waals surface area contributed by atoms with Gasteiger partial charge in [-0.1, -0.05) is 109 Å². The highest BCUT2D eigenvalue weighted by Crippen LogP contribution is 2.43. The van der Waals surface area contributed by atoms with E-state index in [1.807, 2.05) is 54.6 Å². The van der Waals surface area contributed by atoms with Gasteiger partial charge in [-0.3, -0.25) is 15.2 Å². The lowest BCUT2D eigenvalue weighted by atomic mass is 9.73. The maximum absolute atomic E-state index is 14.2. The van der Waals surface area contributed by atoms with Crippen molar-refractivity contribution in [3.05, 3.63) is 144 Å². The van der Waals surface area contributed by atoms with Gasteiger partial charge in [-0.05, 0) is 23.3 Å². The summed E-state index contributed by atoms with van der Waals surface area (Å²) in [5.74, 6) is -0.108. The molecule has 0 saturated carbocycles. The summed E-state index contributed by atoms with van der Waals surface area (Å²) in [6.07, 6.45) is 0. The fourth-order valence-electron chi connectivity index (χ4n) is 5.38. The summed E-state index contributed by atoms with van der Waals surface area (Å²) in [7, 11) is 4.35. The minimum absolute atomic E-state index is 0.0344. The van der Waals surface area contributed by atoms with Gasteiger partial charge in [0.2, 0.25) is 0 Å². The Labute approximate surface area is 219 Å². The van der Waals surface area contributed by atoms with Crippen molar-refractivity contribution < 1.29 is 9.69 Å². The number of carbonyl (C=O) groups excluding carboxylic acids is 1. The Morgan fingerprint density at radius 2 is 1.32 bits per heavy atom. The molecule has 5 rings (SSSR count). The predicted octanol–water partition coefficient (Wildman–Crippen LogP) is 5.17. The zero-order chi connectivity index (χ0) is 25.6. The van der Waals surface area contributed by atoms with Crippen molar-refractivity contribution >= 4 is 17.2 Å². The fraction of sp³-hybridized carbons (Fsp3) is 0.182. The van der Waals surface area contributed by atoms with E-state index in [9.17, 15) is 4.79 Å². The van der Waals surface area contributed by atoms with E-state index >= 15 is 0 Å². The van der Waals surface area contributed by atoms with Gasteiger partial charge in [0.25, 0.3) is 0 Å². The Kier molecular flexibility index (Phi) is 7.48. The minimum atomic E-state index is -0.247. The molecule has 186 valence electrons. The van der Waals surface area contributed by atoms with Crippen molar-refractivity contribution in [2.45, 2.75) is 5.92 Å². The Bertz CT molecular complexity index is 1340. The first-order valence-electron chi connectivity index (χ1n) is 12.9. The summed E-state index contributed by atoms with van der Waals surface area (Å²) in [5.41, 5.74) is 10.2. The summed E-state index contributed by atoms with van der Waals surface area (Å²) in [6, 6.07) is 41.0. The van der Waals surface area contributed by atoms with E-state index in [2.05, 4.69) is 91.3 Å². The van der Waals surface area contributed by atoms with Crippen LogP contribution in [0.4, 0.5) is 5.69 Å². The number of rotatable bonds is 8. The molecule has 0 amide bonds. The van der Waals surface area contributed by atoms with Gasteiger partial charge < -0.3 is 4.90 Å². The number of hydrogen-bond donors (Lipinski definition) is 2. The van der Waals surface area contributed by atoms with Gasteiger partial charge in [-0.25, -0.2) is 0 Å². The fourth-order valence-corrected chi connectivity index (χ4v) is 5.38. The summed E-state index contributed by atoms with van der Waals surface area (Å²) < 4.78 is 0. The first kappa shape index (κ1) is 24.5. The van der Waals surface area contributed by atoms with Gasteiger partial charge >= 0.3 is 0 Å². The van der Waals surface area contributed by atoms with Gasteiger partial charge in [0.05, 0.1) is 37.9 Å². The second-order valence-corrected chi connectivity index (χ2v) is 9.94. The van der Waals surface area contributed by atoms with Crippen LogP contribution in [-0.2, 0) is 0 Å². The van der Waals surface area contributed by atoms with E-state index in [1.165, 1.54) is 16.0 Å². The van der Waals surface area contributed by atoms with Crippen LogP contribution < -0.4 is 10.3 Å². The number of benzene rings is 4. The van der Waals surface area contributed by atoms with Crippen molar-refractivity contribution in [3.8, 4) is 0 Å². The molecule has 0 unspecified atom stereocenters. The molecule has 0 aromatic heterocycles. The molecular formula is C33H34N3O+. The van der Waals surface area contributed by atoms with Gasteiger partial charge in [0.15, 0.2) is 5.78 Å². The van der Waals surface area contributed by atoms with Crippen molar-refractivity contribution in [1.29, 1.82) is 0 Å². The third-order valence-corrected chi connectivity index (χ3v) is 6.91. The van der Waals surface area contributed by atoms with Gasteiger partial charge in [0.1, 0.15) is 6.54 Å². The molecule has 0 bridgehead atoms. The molecule has 0 spiro atoms. The quantitative estimate of drug-likeness (QED) is 0.336. The lowest BCUT2D eigenvalue weighted by molar-refractivity contribution is -0.853. The van der Waals surface area contributed by atoms with Crippen LogP contribution in [0, 0.1) is 5.92 Å². The molecule has 0 aliphatic carbocycles. The predicted molar refractivity (Wildman–Crippen MR) is 151 cm³/mol. The van der Waals surface area contributed by atoms with Crippen LogP contribution in [0.5, 0.6) is 0 Å². The number of Topliss-reactive ketones (excluding diaryl/α,β-unsaturated/α-hetero) is 1. The van der Waals surface area contributed by atoms with Crippen LogP contribution >= 0.6 is 0 Å². The van der Waals surface area contributed by atoms with E-state index in [0.29, 0.717) is 6.54 Å². The molecule has 4 aromatic carbocycles. The van der Waals surface area contributed by atoms with Crippen LogP contribution in [0.25, 0.3) is 5.70 Å². The molecule has 2 N–H and O–H groups in total. The first-order valence-corrected chi connectivity index (χ1v) is 12.9. The summed E-state index contributed by atoms with van der Waals surface area (Å²) in [5, 5.41) is 2.20. The monoisotopic (exact) mass is 488 g/mol. The number of nitrogens with one attached hydrogen (secondary N) is 2. The topological polar surface area (TPSA) is 36.8 Å². The molecule has 1 aliphatic rings. The minimum Gasteiger partial charge on any atom is -0.336 e. The third kappa shape index (κ3) is 5.50. The molecule has 4 aromatic rings. The van der Waals surface area contributed by atoms with E-state index in [-0.39, 0.29) is 17.6 Å². The van der Waals surface area contributed by atoms with Gasteiger partial charge in [-0.15, -0.1) is 0 Å². The highest BCUT2D eigenvalue weighted by atomic mass is 16.1. The van der Waals surface area contributed by atoms with Crippen molar-refractivity contribution in [1.82, 2.24) is 5.01 Å². The third-order valence-electron chi connectivity index (χ3n) is 6.91. The number of ketones is 1. The lowest BCUT2D eigenvalue weighted by Crippen LogP contribution is -3.06. The van der Waals surface area contributed by atoms with E-state index < -0.39 is 0 Å². The summed E-state index contributed by atoms with van der Waals surface area (Å²) in [4.78, 5) is 15.5. The Morgan fingerprint density at radius 1 is 0.784 bits per heavy atom. The SMILES string of the molecule is C[NH+](C)CC1=C(c2ccccc2)N(Nc2ccccc2)C[C@H](C(=O)c2ccccc2)[C@@H]1c1ccccc1. The lowest BCUT2D eigenvalue weighted by Gasteiger charge is -2.43. The Hall–Kier alpha value is -4.15. The molecule has 2 atom stereocenters. The van der Waals surface area contributed by atoms with Crippen LogP contribution in [-0.4, -0.2) is 38.0 Å². The number of quaternary nitrogens is 1.